The van der Waals surface area contributed by atoms with Crippen LogP contribution in [0.15, 0.2) is 30.3 Å². The van der Waals surface area contributed by atoms with Crippen LogP contribution in [0.25, 0.3) is 0 Å². The van der Waals surface area contributed by atoms with Crippen molar-refractivity contribution in [1.82, 2.24) is 10.3 Å². The van der Waals surface area contributed by atoms with Crippen molar-refractivity contribution in [2.45, 2.75) is 26.8 Å². The standard InChI is InChI=1S/C15H21N3S/c1-4-10-16-11-14-12(2)17-15(19-14)18(3)13-8-6-5-7-9-13/h5-9,16H,4,10-11H2,1-3H3. The SMILES string of the molecule is CCCNCc1sc(N(C)c2ccccc2)nc1C. The molecule has 1 N–H and O–H groups in total. The van der Waals surface area contributed by atoms with Gasteiger partial charge in [-0.1, -0.05) is 36.5 Å². The summed E-state index contributed by atoms with van der Waals surface area (Å²) >= 11 is 1.77. The highest BCUT2D eigenvalue weighted by molar-refractivity contribution is 7.15. The molecule has 2 aromatic rings. The number of nitrogens with one attached hydrogen (secondary N) is 1. The maximum atomic E-state index is 4.67. The highest BCUT2D eigenvalue weighted by Gasteiger charge is 2.11. The van der Waals surface area contributed by atoms with Crippen molar-refractivity contribution in [2.75, 3.05) is 18.5 Å². The van der Waals surface area contributed by atoms with Gasteiger partial charge in [-0.05, 0) is 32.0 Å². The Morgan fingerprint density at radius 1 is 1.26 bits per heavy atom. The van der Waals surface area contributed by atoms with E-state index in [0.717, 1.165) is 30.3 Å². The summed E-state index contributed by atoms with van der Waals surface area (Å²) in [5.74, 6) is 0. The number of aryl methyl sites for hydroxylation is 1. The highest BCUT2D eigenvalue weighted by Crippen LogP contribution is 2.30. The second kappa shape index (κ2) is 6.68. The third-order valence-electron chi connectivity index (χ3n) is 3.02. The molecule has 0 atom stereocenters. The second-order valence-corrected chi connectivity index (χ2v) is 5.64. The fraction of sp³-hybridized carbons (Fsp3) is 0.400. The predicted molar refractivity (Wildman–Crippen MR) is 83.4 cm³/mol. The van der Waals surface area contributed by atoms with Gasteiger partial charge in [-0.15, -0.1) is 0 Å². The molecule has 2 rings (SSSR count). The molecule has 0 saturated heterocycles. The number of anilines is 2. The summed E-state index contributed by atoms with van der Waals surface area (Å²) in [6.45, 7) is 6.24. The highest BCUT2D eigenvalue weighted by atomic mass is 32.1. The van der Waals surface area contributed by atoms with E-state index in [1.807, 2.05) is 6.07 Å². The van der Waals surface area contributed by atoms with Gasteiger partial charge in [-0.25, -0.2) is 4.98 Å². The maximum absolute atomic E-state index is 4.67. The zero-order valence-corrected chi connectivity index (χ0v) is 12.6. The molecular formula is C15H21N3S. The summed E-state index contributed by atoms with van der Waals surface area (Å²) < 4.78 is 0. The van der Waals surface area contributed by atoms with Crippen molar-refractivity contribution in [3.63, 3.8) is 0 Å². The topological polar surface area (TPSA) is 28.2 Å². The number of thiazole rings is 1. The van der Waals surface area contributed by atoms with Crippen LogP contribution in [0.2, 0.25) is 0 Å². The zero-order chi connectivity index (χ0) is 13.7. The van der Waals surface area contributed by atoms with Crippen LogP contribution in [-0.4, -0.2) is 18.6 Å². The number of para-hydroxylation sites is 1. The third kappa shape index (κ3) is 3.55. The first-order chi connectivity index (χ1) is 9.22. The van der Waals surface area contributed by atoms with E-state index in [1.54, 1.807) is 11.3 Å². The van der Waals surface area contributed by atoms with Gasteiger partial charge in [0.2, 0.25) is 0 Å². The van der Waals surface area contributed by atoms with E-state index in [0.29, 0.717) is 0 Å². The molecule has 0 aliphatic rings. The number of aromatic nitrogens is 1. The Bertz CT molecular complexity index is 507. The van der Waals surface area contributed by atoms with Crippen LogP contribution in [0.5, 0.6) is 0 Å². The summed E-state index contributed by atoms with van der Waals surface area (Å²) in [6.07, 6.45) is 1.16. The molecule has 102 valence electrons. The van der Waals surface area contributed by atoms with Crippen molar-refractivity contribution in [3.05, 3.63) is 40.9 Å². The summed E-state index contributed by atoms with van der Waals surface area (Å²) in [4.78, 5) is 8.14. The monoisotopic (exact) mass is 275 g/mol. The smallest absolute Gasteiger partial charge is 0.190 e. The molecule has 0 spiro atoms. The minimum Gasteiger partial charge on any atom is -0.321 e. The Kier molecular flexibility index (Phi) is 4.93. The molecule has 1 heterocycles. The number of hydrogen-bond acceptors (Lipinski definition) is 4. The van der Waals surface area contributed by atoms with E-state index in [4.69, 9.17) is 0 Å². The number of rotatable bonds is 6. The van der Waals surface area contributed by atoms with Gasteiger partial charge in [0.15, 0.2) is 5.13 Å². The molecule has 3 nitrogen and oxygen atoms in total. The van der Waals surface area contributed by atoms with E-state index >= 15 is 0 Å². The first-order valence-corrected chi connectivity index (χ1v) is 7.49. The van der Waals surface area contributed by atoms with E-state index in [-0.39, 0.29) is 0 Å². The minimum atomic E-state index is 0.917. The van der Waals surface area contributed by atoms with Crippen molar-refractivity contribution in [1.29, 1.82) is 0 Å². The van der Waals surface area contributed by atoms with Crippen molar-refractivity contribution < 1.29 is 0 Å². The lowest BCUT2D eigenvalue weighted by Crippen LogP contribution is -2.13. The Morgan fingerprint density at radius 2 is 2.00 bits per heavy atom. The lowest BCUT2D eigenvalue weighted by atomic mass is 10.3. The van der Waals surface area contributed by atoms with Gasteiger partial charge in [-0.3, -0.25) is 0 Å². The minimum absolute atomic E-state index is 0.917. The van der Waals surface area contributed by atoms with Crippen LogP contribution in [0.3, 0.4) is 0 Å². The molecule has 0 saturated carbocycles. The number of nitrogens with zero attached hydrogens (tertiary/aromatic N) is 2. The average Bonchev–Trinajstić information content (AvgIpc) is 2.81. The van der Waals surface area contributed by atoms with Gasteiger partial charge >= 0.3 is 0 Å². The van der Waals surface area contributed by atoms with Crippen molar-refractivity contribution in [3.8, 4) is 0 Å². The van der Waals surface area contributed by atoms with E-state index < -0.39 is 0 Å². The van der Waals surface area contributed by atoms with Crippen molar-refractivity contribution >= 4 is 22.2 Å². The molecule has 0 aliphatic carbocycles. The van der Waals surface area contributed by atoms with E-state index in [1.165, 1.54) is 10.6 Å². The van der Waals surface area contributed by atoms with Gasteiger partial charge < -0.3 is 10.2 Å². The van der Waals surface area contributed by atoms with Gasteiger partial charge in [0, 0.05) is 24.2 Å². The molecule has 0 amide bonds. The molecule has 0 unspecified atom stereocenters. The van der Waals surface area contributed by atoms with E-state index in [9.17, 15) is 0 Å². The van der Waals surface area contributed by atoms with Crippen LogP contribution >= 0.6 is 11.3 Å². The summed E-state index contributed by atoms with van der Waals surface area (Å²) in [5.41, 5.74) is 2.30. The molecule has 0 bridgehead atoms. The first-order valence-electron chi connectivity index (χ1n) is 6.68. The molecular weight excluding hydrogens is 254 g/mol. The lowest BCUT2D eigenvalue weighted by molar-refractivity contribution is 0.678. The van der Waals surface area contributed by atoms with Gasteiger partial charge in [0.1, 0.15) is 0 Å². The van der Waals surface area contributed by atoms with Crippen molar-refractivity contribution in [2.24, 2.45) is 0 Å². The molecule has 1 aromatic heterocycles. The van der Waals surface area contributed by atoms with Gasteiger partial charge in [-0.2, -0.15) is 0 Å². The van der Waals surface area contributed by atoms with Crippen LogP contribution in [0.1, 0.15) is 23.9 Å². The van der Waals surface area contributed by atoms with Crippen LogP contribution in [-0.2, 0) is 6.54 Å². The van der Waals surface area contributed by atoms with Crippen LogP contribution < -0.4 is 10.2 Å². The second-order valence-electron chi connectivity index (χ2n) is 4.58. The fourth-order valence-electron chi connectivity index (χ4n) is 1.86. The van der Waals surface area contributed by atoms with Crippen LogP contribution in [0.4, 0.5) is 10.8 Å². The zero-order valence-electron chi connectivity index (χ0n) is 11.8. The van der Waals surface area contributed by atoms with Gasteiger partial charge in [0.05, 0.1) is 5.69 Å². The number of hydrogen-bond donors (Lipinski definition) is 1. The molecule has 1 aromatic carbocycles. The normalized spacial score (nSPS) is 10.7. The van der Waals surface area contributed by atoms with Crippen LogP contribution in [0, 0.1) is 6.92 Å². The third-order valence-corrected chi connectivity index (χ3v) is 4.26. The molecule has 0 fully saturated rings. The summed E-state index contributed by atoms with van der Waals surface area (Å²) in [7, 11) is 2.07. The molecule has 19 heavy (non-hydrogen) atoms. The Labute approximate surface area is 119 Å². The number of benzene rings is 1. The fourth-order valence-corrected chi connectivity index (χ4v) is 2.87. The predicted octanol–water partition coefficient (Wildman–Crippen LogP) is 3.72. The maximum Gasteiger partial charge on any atom is 0.190 e. The average molecular weight is 275 g/mol. The largest absolute Gasteiger partial charge is 0.321 e. The molecule has 4 heteroatoms. The quantitative estimate of drug-likeness (QED) is 0.814. The summed E-state index contributed by atoms with van der Waals surface area (Å²) in [5, 5.41) is 4.49. The molecule has 0 aliphatic heterocycles. The first kappa shape index (κ1) is 14.0. The Morgan fingerprint density at radius 3 is 2.68 bits per heavy atom. The Balaban J connectivity index is 2.11. The molecule has 0 radical (unpaired) electrons. The lowest BCUT2D eigenvalue weighted by Gasteiger charge is -2.15. The van der Waals surface area contributed by atoms with Gasteiger partial charge in [0.25, 0.3) is 0 Å². The summed E-state index contributed by atoms with van der Waals surface area (Å²) in [6, 6.07) is 10.3. The van der Waals surface area contributed by atoms with E-state index in [2.05, 4.69) is 60.4 Å². The Hall–Kier alpha value is -1.39.